The smallest absolute Gasteiger partial charge is 0.264 e. The maximum atomic E-state index is 13.4. The molecule has 0 heterocycles. The van der Waals surface area contributed by atoms with E-state index < -0.39 is 34.1 Å². The molecule has 0 fully saturated rings. The van der Waals surface area contributed by atoms with Gasteiger partial charge in [-0.25, -0.2) is 17.2 Å². The first-order valence-electron chi connectivity index (χ1n) is 8.77. The van der Waals surface area contributed by atoms with Crippen molar-refractivity contribution < 1.29 is 22.0 Å². The fourth-order valence-electron chi connectivity index (χ4n) is 2.82. The first-order valence-corrected chi connectivity index (χ1v) is 10.6. The monoisotopic (exact) mass is 450 g/mol. The molecule has 5 nitrogen and oxygen atoms in total. The highest BCUT2D eigenvalue weighted by atomic mass is 35.5. The van der Waals surface area contributed by atoms with E-state index in [0.717, 1.165) is 16.4 Å². The highest BCUT2D eigenvalue weighted by molar-refractivity contribution is 7.92. The predicted octanol–water partition coefficient (Wildman–Crippen LogP) is 4.76. The van der Waals surface area contributed by atoms with E-state index in [-0.39, 0.29) is 16.3 Å². The van der Waals surface area contributed by atoms with Crippen molar-refractivity contribution in [2.45, 2.75) is 11.8 Å². The van der Waals surface area contributed by atoms with Gasteiger partial charge < -0.3 is 5.32 Å². The molecule has 0 aliphatic heterocycles. The number of benzene rings is 3. The van der Waals surface area contributed by atoms with Gasteiger partial charge in [-0.3, -0.25) is 9.10 Å². The number of halogens is 3. The lowest BCUT2D eigenvalue weighted by Crippen LogP contribution is -2.38. The van der Waals surface area contributed by atoms with E-state index in [9.17, 15) is 22.0 Å². The van der Waals surface area contributed by atoms with Crippen molar-refractivity contribution >= 4 is 38.9 Å². The minimum absolute atomic E-state index is 0.0000216. The second-order valence-corrected chi connectivity index (χ2v) is 8.73. The number of hydrogen-bond acceptors (Lipinski definition) is 3. The summed E-state index contributed by atoms with van der Waals surface area (Å²) in [5, 5.41) is 2.80. The number of carbonyl (C=O) groups is 1. The molecule has 0 spiro atoms. The molecule has 0 radical (unpaired) electrons. The van der Waals surface area contributed by atoms with Crippen LogP contribution in [0.1, 0.15) is 5.56 Å². The molecule has 0 saturated heterocycles. The molecular formula is C21H17ClF2N2O3S. The lowest BCUT2D eigenvalue weighted by atomic mass is 10.2. The van der Waals surface area contributed by atoms with Gasteiger partial charge in [0.15, 0.2) is 11.6 Å². The molecule has 0 aliphatic rings. The van der Waals surface area contributed by atoms with Crippen LogP contribution in [0.3, 0.4) is 0 Å². The van der Waals surface area contributed by atoms with Gasteiger partial charge in [0.05, 0.1) is 10.6 Å². The molecule has 0 aliphatic carbocycles. The van der Waals surface area contributed by atoms with Crippen LogP contribution in [-0.2, 0) is 14.8 Å². The van der Waals surface area contributed by atoms with E-state index in [2.05, 4.69) is 5.32 Å². The van der Waals surface area contributed by atoms with Gasteiger partial charge in [0.25, 0.3) is 10.0 Å². The fraction of sp³-hybridized carbons (Fsp3) is 0.0952. The van der Waals surface area contributed by atoms with Crippen molar-refractivity contribution in [1.82, 2.24) is 0 Å². The van der Waals surface area contributed by atoms with Crippen LogP contribution in [0.4, 0.5) is 20.2 Å². The van der Waals surface area contributed by atoms with Gasteiger partial charge >= 0.3 is 0 Å². The quantitative estimate of drug-likeness (QED) is 0.588. The van der Waals surface area contributed by atoms with Crippen LogP contribution in [-0.4, -0.2) is 20.9 Å². The molecule has 1 amide bonds. The first kappa shape index (κ1) is 21.7. The molecule has 3 rings (SSSR count). The van der Waals surface area contributed by atoms with Crippen LogP contribution in [0.2, 0.25) is 5.02 Å². The number of amides is 1. The van der Waals surface area contributed by atoms with Gasteiger partial charge in [0.1, 0.15) is 6.54 Å². The minimum atomic E-state index is -4.10. The number of carbonyl (C=O) groups excluding carboxylic acids is 1. The van der Waals surface area contributed by atoms with E-state index in [4.69, 9.17) is 11.6 Å². The molecule has 0 unspecified atom stereocenters. The first-order chi connectivity index (χ1) is 14.2. The third kappa shape index (κ3) is 4.77. The average molecular weight is 451 g/mol. The van der Waals surface area contributed by atoms with Gasteiger partial charge in [-0.15, -0.1) is 0 Å². The maximum Gasteiger partial charge on any atom is 0.264 e. The second-order valence-electron chi connectivity index (χ2n) is 6.43. The maximum absolute atomic E-state index is 13.4. The zero-order chi connectivity index (χ0) is 21.9. The molecule has 0 bridgehead atoms. The lowest BCUT2D eigenvalue weighted by molar-refractivity contribution is -0.114. The summed E-state index contributed by atoms with van der Waals surface area (Å²) in [4.78, 5) is 12.6. The lowest BCUT2D eigenvalue weighted by Gasteiger charge is -2.25. The van der Waals surface area contributed by atoms with Crippen molar-refractivity contribution in [3.63, 3.8) is 0 Å². The number of nitrogens with one attached hydrogen (secondary N) is 1. The van der Waals surface area contributed by atoms with Crippen molar-refractivity contribution in [1.29, 1.82) is 0 Å². The number of rotatable bonds is 6. The third-order valence-corrected chi connectivity index (χ3v) is 6.26. The van der Waals surface area contributed by atoms with Crippen molar-refractivity contribution in [2.75, 3.05) is 16.2 Å². The molecule has 1 N–H and O–H groups in total. The molecule has 30 heavy (non-hydrogen) atoms. The second kappa shape index (κ2) is 8.81. The van der Waals surface area contributed by atoms with Gasteiger partial charge in [-0.05, 0) is 55.0 Å². The van der Waals surface area contributed by atoms with Crippen molar-refractivity contribution in [3.05, 3.63) is 89.0 Å². The summed E-state index contributed by atoms with van der Waals surface area (Å²) < 4.78 is 54.0. The van der Waals surface area contributed by atoms with E-state index >= 15 is 0 Å². The highest BCUT2D eigenvalue weighted by Gasteiger charge is 2.28. The Kier molecular flexibility index (Phi) is 6.38. The Labute approximate surface area is 178 Å². The molecule has 0 atom stereocenters. The molecular weight excluding hydrogens is 434 g/mol. The van der Waals surface area contributed by atoms with Crippen LogP contribution >= 0.6 is 11.6 Å². The Morgan fingerprint density at radius 1 is 1.00 bits per heavy atom. The van der Waals surface area contributed by atoms with Crippen molar-refractivity contribution in [3.8, 4) is 0 Å². The number of sulfonamides is 1. The largest absolute Gasteiger partial charge is 0.324 e. The van der Waals surface area contributed by atoms with E-state index in [1.807, 2.05) is 0 Å². The van der Waals surface area contributed by atoms with E-state index in [1.54, 1.807) is 31.2 Å². The molecule has 156 valence electrons. The van der Waals surface area contributed by atoms with Gasteiger partial charge in [-0.2, -0.15) is 0 Å². The van der Waals surface area contributed by atoms with Crippen molar-refractivity contribution in [2.24, 2.45) is 0 Å². The van der Waals surface area contributed by atoms with Crippen LogP contribution < -0.4 is 9.62 Å². The number of anilines is 2. The number of aryl methyl sites for hydroxylation is 1. The third-order valence-electron chi connectivity index (χ3n) is 4.25. The number of nitrogens with zero attached hydrogens (tertiary/aromatic N) is 1. The van der Waals surface area contributed by atoms with Crippen LogP contribution in [0.5, 0.6) is 0 Å². The average Bonchev–Trinajstić information content (AvgIpc) is 2.70. The normalized spacial score (nSPS) is 11.2. The van der Waals surface area contributed by atoms with E-state index in [0.29, 0.717) is 10.6 Å². The summed E-state index contributed by atoms with van der Waals surface area (Å²) in [5.41, 5.74) is 0.815. The highest BCUT2D eigenvalue weighted by Crippen LogP contribution is 2.29. The molecule has 3 aromatic carbocycles. The zero-order valence-corrected chi connectivity index (χ0v) is 17.3. The molecule has 3 aromatic rings. The Balaban J connectivity index is 1.97. The summed E-state index contributed by atoms with van der Waals surface area (Å²) in [6.07, 6.45) is 0. The van der Waals surface area contributed by atoms with Crippen LogP contribution in [0.15, 0.2) is 71.6 Å². The summed E-state index contributed by atoms with van der Waals surface area (Å²) >= 11 is 5.98. The summed E-state index contributed by atoms with van der Waals surface area (Å²) in [5.74, 6) is -2.91. The Bertz CT molecular complexity index is 1190. The molecule has 0 aromatic heterocycles. The Morgan fingerprint density at radius 2 is 1.70 bits per heavy atom. The van der Waals surface area contributed by atoms with Gasteiger partial charge in [0.2, 0.25) is 5.91 Å². The standard InChI is InChI=1S/C21H17ClF2N2O3S/c1-14-11-15(22)7-10-20(14)26(30(28,29)17-5-3-2-4-6-17)13-21(27)25-16-8-9-18(23)19(24)12-16/h2-12H,13H2,1H3,(H,25,27). The SMILES string of the molecule is Cc1cc(Cl)ccc1N(CC(=O)Nc1ccc(F)c(F)c1)S(=O)(=O)c1ccccc1. The topological polar surface area (TPSA) is 66.5 Å². The Hall–Kier alpha value is -2.97. The Morgan fingerprint density at radius 3 is 2.33 bits per heavy atom. The van der Waals surface area contributed by atoms with Crippen LogP contribution in [0.25, 0.3) is 0 Å². The summed E-state index contributed by atoms with van der Waals surface area (Å²) in [6.45, 7) is 1.08. The fourth-order valence-corrected chi connectivity index (χ4v) is 4.56. The molecule has 9 heteroatoms. The van der Waals surface area contributed by atoms with E-state index in [1.165, 1.54) is 30.3 Å². The predicted molar refractivity (Wildman–Crippen MR) is 112 cm³/mol. The summed E-state index contributed by atoms with van der Waals surface area (Å²) in [7, 11) is -4.10. The number of hydrogen-bond donors (Lipinski definition) is 1. The molecule has 0 saturated carbocycles. The zero-order valence-electron chi connectivity index (χ0n) is 15.8. The van der Waals surface area contributed by atoms with Gasteiger partial charge in [-0.1, -0.05) is 29.8 Å². The van der Waals surface area contributed by atoms with Gasteiger partial charge in [0, 0.05) is 16.8 Å². The summed E-state index contributed by atoms with van der Waals surface area (Å²) in [6, 6.07) is 15.1. The van der Waals surface area contributed by atoms with Crippen LogP contribution in [0, 0.1) is 18.6 Å². The minimum Gasteiger partial charge on any atom is -0.324 e.